The lowest BCUT2D eigenvalue weighted by Gasteiger charge is -2.02. The molecule has 0 atom stereocenters. The monoisotopic (exact) mass is 269 g/mol. The van der Waals surface area contributed by atoms with Crippen molar-refractivity contribution in [3.63, 3.8) is 0 Å². The maximum Gasteiger partial charge on any atom is 0.432 e. The van der Waals surface area contributed by atoms with Gasteiger partial charge in [-0.15, -0.1) is 0 Å². The third-order valence-electron chi connectivity index (χ3n) is 2.77. The van der Waals surface area contributed by atoms with E-state index in [9.17, 15) is 13.2 Å². The maximum absolute atomic E-state index is 12.4. The van der Waals surface area contributed by atoms with Gasteiger partial charge in [0, 0.05) is 17.5 Å². The number of hydrogen-bond acceptors (Lipinski definition) is 2. The summed E-state index contributed by atoms with van der Waals surface area (Å²) in [6, 6.07) is 3.55. The standard InChI is InChI=1S/C13H14F3N3/c1-2-3-4-10-6-5-9(7-17-10)12-18-8-11(19-12)13(14,15)16/h5-8H,2-4H2,1H3,(H,18,19). The van der Waals surface area contributed by atoms with E-state index in [2.05, 4.69) is 21.9 Å². The van der Waals surface area contributed by atoms with Crippen LogP contribution in [-0.4, -0.2) is 15.0 Å². The fourth-order valence-electron chi connectivity index (χ4n) is 1.68. The minimum absolute atomic E-state index is 0.182. The number of imidazole rings is 1. The molecule has 6 heteroatoms. The summed E-state index contributed by atoms with van der Waals surface area (Å²) in [4.78, 5) is 10.2. The predicted molar refractivity (Wildman–Crippen MR) is 65.4 cm³/mol. The van der Waals surface area contributed by atoms with E-state index in [1.165, 1.54) is 0 Å². The minimum atomic E-state index is -4.40. The van der Waals surface area contributed by atoms with Crippen LogP contribution in [0.25, 0.3) is 11.4 Å². The number of alkyl halides is 3. The highest BCUT2D eigenvalue weighted by Gasteiger charge is 2.33. The Bertz CT molecular complexity index is 529. The lowest BCUT2D eigenvalue weighted by atomic mass is 10.1. The molecule has 2 rings (SSSR count). The number of aromatic nitrogens is 3. The number of halogens is 3. The zero-order valence-electron chi connectivity index (χ0n) is 10.5. The van der Waals surface area contributed by atoms with E-state index in [1.54, 1.807) is 12.3 Å². The number of aromatic amines is 1. The van der Waals surface area contributed by atoms with Crippen LogP contribution in [0, 0.1) is 0 Å². The van der Waals surface area contributed by atoms with Crippen molar-refractivity contribution in [1.29, 1.82) is 0 Å². The zero-order chi connectivity index (χ0) is 13.9. The van der Waals surface area contributed by atoms with E-state index >= 15 is 0 Å². The van der Waals surface area contributed by atoms with Crippen molar-refractivity contribution in [2.24, 2.45) is 0 Å². The third-order valence-corrected chi connectivity index (χ3v) is 2.77. The number of nitrogens with zero attached hydrogens (tertiary/aromatic N) is 2. The van der Waals surface area contributed by atoms with Gasteiger partial charge in [0.15, 0.2) is 0 Å². The lowest BCUT2D eigenvalue weighted by molar-refractivity contribution is -0.140. The van der Waals surface area contributed by atoms with Gasteiger partial charge in [-0.05, 0) is 25.0 Å². The number of aryl methyl sites for hydroxylation is 1. The van der Waals surface area contributed by atoms with Crippen LogP contribution in [0.15, 0.2) is 24.5 Å². The molecule has 0 aliphatic rings. The van der Waals surface area contributed by atoms with Crippen LogP contribution in [0.3, 0.4) is 0 Å². The van der Waals surface area contributed by atoms with Gasteiger partial charge in [-0.1, -0.05) is 13.3 Å². The van der Waals surface area contributed by atoms with Crippen LogP contribution in [0.2, 0.25) is 0 Å². The molecule has 0 amide bonds. The summed E-state index contributed by atoms with van der Waals surface area (Å²) in [6.07, 6.45) is 0.939. The van der Waals surface area contributed by atoms with Crippen LogP contribution in [0.5, 0.6) is 0 Å². The van der Waals surface area contributed by atoms with Gasteiger partial charge in [-0.2, -0.15) is 13.2 Å². The van der Waals surface area contributed by atoms with Gasteiger partial charge >= 0.3 is 6.18 Å². The molecule has 0 saturated heterocycles. The average Bonchev–Trinajstić information content (AvgIpc) is 2.86. The molecular formula is C13H14F3N3. The Morgan fingerprint density at radius 2 is 1.95 bits per heavy atom. The molecule has 0 unspecified atom stereocenters. The van der Waals surface area contributed by atoms with Crippen LogP contribution in [0.1, 0.15) is 31.2 Å². The Hall–Kier alpha value is -1.85. The molecule has 0 aliphatic carbocycles. The smallest absolute Gasteiger partial charge is 0.334 e. The summed E-state index contributed by atoms with van der Waals surface area (Å²) in [5, 5.41) is 0. The number of pyridine rings is 1. The predicted octanol–water partition coefficient (Wildman–Crippen LogP) is 3.83. The van der Waals surface area contributed by atoms with Gasteiger partial charge in [-0.25, -0.2) is 4.98 Å². The molecule has 0 aliphatic heterocycles. The molecule has 2 heterocycles. The highest BCUT2D eigenvalue weighted by molar-refractivity contribution is 5.53. The summed E-state index contributed by atoms with van der Waals surface area (Å²) < 4.78 is 37.3. The number of rotatable bonds is 4. The van der Waals surface area contributed by atoms with E-state index in [0.29, 0.717) is 5.56 Å². The summed E-state index contributed by atoms with van der Waals surface area (Å²) in [7, 11) is 0. The fourth-order valence-corrected chi connectivity index (χ4v) is 1.68. The van der Waals surface area contributed by atoms with Gasteiger partial charge in [0.05, 0.1) is 6.20 Å². The van der Waals surface area contributed by atoms with Crippen molar-refractivity contribution >= 4 is 0 Å². The molecule has 19 heavy (non-hydrogen) atoms. The lowest BCUT2D eigenvalue weighted by Crippen LogP contribution is -2.04. The minimum Gasteiger partial charge on any atom is -0.334 e. The molecule has 0 fully saturated rings. The number of hydrogen-bond donors (Lipinski definition) is 1. The first-order chi connectivity index (χ1) is 9.00. The molecule has 0 saturated carbocycles. The molecule has 2 aromatic heterocycles. The van der Waals surface area contributed by atoms with E-state index in [-0.39, 0.29) is 5.82 Å². The second-order valence-electron chi connectivity index (χ2n) is 4.29. The number of nitrogens with one attached hydrogen (secondary N) is 1. The second kappa shape index (κ2) is 5.42. The van der Waals surface area contributed by atoms with Crippen LogP contribution < -0.4 is 0 Å². The molecule has 1 N–H and O–H groups in total. The SMILES string of the molecule is CCCCc1ccc(-c2ncc(C(F)(F)F)[nH]2)cn1. The largest absolute Gasteiger partial charge is 0.432 e. The molecule has 3 nitrogen and oxygen atoms in total. The average molecular weight is 269 g/mol. The van der Waals surface area contributed by atoms with Crippen molar-refractivity contribution < 1.29 is 13.2 Å². The highest BCUT2D eigenvalue weighted by atomic mass is 19.4. The summed E-state index contributed by atoms with van der Waals surface area (Å²) in [5.74, 6) is 0.182. The fraction of sp³-hybridized carbons (Fsp3) is 0.385. The van der Waals surface area contributed by atoms with Gasteiger partial charge in [0.1, 0.15) is 11.5 Å². The maximum atomic E-state index is 12.4. The molecule has 0 radical (unpaired) electrons. The summed E-state index contributed by atoms with van der Waals surface area (Å²) in [6.45, 7) is 2.09. The van der Waals surface area contributed by atoms with Gasteiger partial charge in [-0.3, -0.25) is 4.98 Å². The topological polar surface area (TPSA) is 41.6 Å². The van der Waals surface area contributed by atoms with Gasteiger partial charge in [0.2, 0.25) is 0 Å². The van der Waals surface area contributed by atoms with Crippen LogP contribution in [0.4, 0.5) is 13.2 Å². The Kier molecular flexibility index (Phi) is 3.87. The number of H-pyrrole nitrogens is 1. The van der Waals surface area contributed by atoms with Crippen molar-refractivity contribution in [1.82, 2.24) is 15.0 Å². The first-order valence-electron chi connectivity index (χ1n) is 6.08. The molecule has 0 bridgehead atoms. The first-order valence-corrected chi connectivity index (χ1v) is 6.08. The highest BCUT2D eigenvalue weighted by Crippen LogP contribution is 2.29. The van der Waals surface area contributed by atoms with Crippen molar-refractivity contribution in [3.05, 3.63) is 35.9 Å². The normalized spacial score (nSPS) is 11.8. The zero-order valence-corrected chi connectivity index (χ0v) is 10.5. The van der Waals surface area contributed by atoms with E-state index in [4.69, 9.17) is 0 Å². The summed E-state index contributed by atoms with van der Waals surface area (Å²) >= 11 is 0. The molecule has 0 aromatic carbocycles. The Morgan fingerprint density at radius 3 is 2.47 bits per heavy atom. The summed E-state index contributed by atoms with van der Waals surface area (Å²) in [5.41, 5.74) is 0.640. The molecule has 102 valence electrons. The van der Waals surface area contributed by atoms with Crippen LogP contribution in [-0.2, 0) is 12.6 Å². The van der Waals surface area contributed by atoms with Crippen molar-refractivity contribution in [2.75, 3.05) is 0 Å². The van der Waals surface area contributed by atoms with Crippen molar-refractivity contribution in [2.45, 2.75) is 32.4 Å². The molecule has 2 aromatic rings. The second-order valence-corrected chi connectivity index (χ2v) is 4.29. The third kappa shape index (κ3) is 3.33. The van der Waals surface area contributed by atoms with E-state index in [0.717, 1.165) is 31.2 Å². The molecular weight excluding hydrogens is 255 g/mol. The quantitative estimate of drug-likeness (QED) is 0.916. The van der Waals surface area contributed by atoms with Gasteiger partial charge in [0.25, 0.3) is 0 Å². The molecule has 0 spiro atoms. The van der Waals surface area contributed by atoms with Gasteiger partial charge < -0.3 is 4.98 Å². The Labute approximate surface area is 108 Å². The first kappa shape index (κ1) is 13.6. The van der Waals surface area contributed by atoms with E-state index in [1.807, 2.05) is 6.07 Å². The number of unbranched alkanes of at least 4 members (excludes halogenated alkanes) is 1. The Balaban J connectivity index is 2.16. The Morgan fingerprint density at radius 1 is 1.16 bits per heavy atom. The van der Waals surface area contributed by atoms with Crippen molar-refractivity contribution in [3.8, 4) is 11.4 Å². The van der Waals surface area contributed by atoms with E-state index < -0.39 is 11.9 Å². The van der Waals surface area contributed by atoms with Crippen LogP contribution >= 0.6 is 0 Å².